The highest BCUT2D eigenvalue weighted by Crippen LogP contribution is 2.44. The Morgan fingerprint density at radius 3 is 2.56 bits per heavy atom. The van der Waals surface area contributed by atoms with Crippen LogP contribution in [0.3, 0.4) is 0 Å². The Morgan fingerprint density at radius 2 is 1.84 bits per heavy atom. The lowest BCUT2D eigenvalue weighted by molar-refractivity contribution is -0.148. The number of para-hydroxylation sites is 1. The number of fused-ring (bicyclic) bond motifs is 3. The fourth-order valence-corrected chi connectivity index (χ4v) is 3.32. The molecule has 126 valence electrons. The molecule has 1 aliphatic rings. The molecule has 25 heavy (non-hydrogen) atoms. The maximum atomic E-state index is 12.6. The van der Waals surface area contributed by atoms with E-state index in [1.807, 2.05) is 6.07 Å². The van der Waals surface area contributed by atoms with E-state index in [2.05, 4.69) is 0 Å². The fourth-order valence-electron chi connectivity index (χ4n) is 3.19. The van der Waals surface area contributed by atoms with Crippen LogP contribution in [0.2, 0.25) is 5.02 Å². The van der Waals surface area contributed by atoms with Gasteiger partial charge >= 0.3 is 11.6 Å². The molecule has 0 bridgehead atoms. The molecule has 6 heteroatoms. The molecule has 0 spiro atoms. The largest absolute Gasteiger partial charge is 0.476 e. The number of hydrogen-bond donors (Lipinski definition) is 0. The van der Waals surface area contributed by atoms with E-state index in [0.717, 1.165) is 5.56 Å². The Bertz CT molecular complexity index is 1020. The van der Waals surface area contributed by atoms with Crippen LogP contribution in [0.15, 0.2) is 57.7 Å². The molecular formula is C19H13ClO5. The van der Waals surface area contributed by atoms with E-state index in [9.17, 15) is 9.59 Å². The summed E-state index contributed by atoms with van der Waals surface area (Å²) in [5, 5.41) is 1.20. The lowest BCUT2D eigenvalue weighted by Gasteiger charge is -2.16. The van der Waals surface area contributed by atoms with Crippen molar-refractivity contribution in [3.8, 4) is 5.75 Å². The van der Waals surface area contributed by atoms with Crippen LogP contribution in [0, 0.1) is 0 Å². The second-order valence-corrected chi connectivity index (χ2v) is 6.16. The number of methoxy groups -OCH3 is 1. The molecule has 0 saturated heterocycles. The zero-order valence-electron chi connectivity index (χ0n) is 13.2. The molecule has 4 rings (SSSR count). The van der Waals surface area contributed by atoms with Gasteiger partial charge in [-0.25, -0.2) is 9.59 Å². The van der Waals surface area contributed by atoms with Crippen molar-refractivity contribution in [2.45, 2.75) is 12.0 Å². The predicted molar refractivity (Wildman–Crippen MR) is 92.2 cm³/mol. The summed E-state index contributed by atoms with van der Waals surface area (Å²) in [6.45, 7) is 0. The van der Waals surface area contributed by atoms with Crippen LogP contribution in [0.5, 0.6) is 5.75 Å². The molecular weight excluding hydrogens is 344 g/mol. The van der Waals surface area contributed by atoms with E-state index in [1.165, 1.54) is 7.11 Å². The topological polar surface area (TPSA) is 65.7 Å². The van der Waals surface area contributed by atoms with E-state index in [1.54, 1.807) is 42.5 Å². The van der Waals surface area contributed by atoms with Crippen molar-refractivity contribution in [2.75, 3.05) is 7.11 Å². The molecule has 0 unspecified atom stereocenters. The molecule has 0 N–H and O–H groups in total. The van der Waals surface area contributed by atoms with Gasteiger partial charge in [0.15, 0.2) is 0 Å². The number of halogens is 1. The first-order valence-electron chi connectivity index (χ1n) is 7.66. The maximum Gasteiger partial charge on any atom is 0.348 e. The molecule has 0 aliphatic carbocycles. The third-order valence-corrected chi connectivity index (χ3v) is 4.57. The van der Waals surface area contributed by atoms with Crippen molar-refractivity contribution in [3.05, 3.63) is 75.1 Å². The van der Waals surface area contributed by atoms with Crippen LogP contribution in [0.1, 0.15) is 17.0 Å². The predicted octanol–water partition coefficient (Wildman–Crippen LogP) is 3.51. The number of benzene rings is 2. The molecule has 1 aliphatic heterocycles. The SMILES string of the molecule is COC(=O)[C@H]1Oc2c(c(=O)oc3ccccc23)[C@@H]1c1ccc(Cl)cc1. The zero-order chi connectivity index (χ0) is 17.6. The normalized spacial score (nSPS) is 18.6. The molecule has 1 aromatic heterocycles. The Morgan fingerprint density at radius 1 is 1.12 bits per heavy atom. The van der Waals surface area contributed by atoms with Crippen LogP contribution in [-0.4, -0.2) is 19.2 Å². The van der Waals surface area contributed by atoms with Gasteiger partial charge in [-0.3, -0.25) is 0 Å². The summed E-state index contributed by atoms with van der Waals surface area (Å²) in [5.41, 5.74) is 0.921. The minimum absolute atomic E-state index is 0.316. The number of carbonyl (C=O) groups excluding carboxylic acids is 1. The fraction of sp³-hybridized carbons (Fsp3) is 0.158. The molecule has 2 aromatic carbocycles. The molecule has 2 atom stereocenters. The molecule has 3 aromatic rings. The van der Waals surface area contributed by atoms with E-state index in [-0.39, 0.29) is 0 Å². The lowest BCUT2D eigenvalue weighted by atomic mass is 9.88. The summed E-state index contributed by atoms with van der Waals surface area (Å²) < 4.78 is 16.2. The van der Waals surface area contributed by atoms with Gasteiger partial charge in [0.2, 0.25) is 6.10 Å². The second-order valence-electron chi connectivity index (χ2n) is 5.72. The summed E-state index contributed by atoms with van der Waals surface area (Å²) >= 11 is 5.95. The molecule has 0 saturated carbocycles. The van der Waals surface area contributed by atoms with Crippen molar-refractivity contribution >= 4 is 28.5 Å². The molecule has 0 fully saturated rings. The maximum absolute atomic E-state index is 12.6. The van der Waals surface area contributed by atoms with Gasteiger partial charge in [0.05, 0.1) is 24.0 Å². The highest BCUT2D eigenvalue weighted by molar-refractivity contribution is 6.30. The molecule has 2 heterocycles. The Kier molecular flexibility index (Phi) is 3.73. The van der Waals surface area contributed by atoms with Gasteiger partial charge in [-0.2, -0.15) is 0 Å². The van der Waals surface area contributed by atoms with Crippen molar-refractivity contribution in [3.63, 3.8) is 0 Å². The highest BCUT2D eigenvalue weighted by atomic mass is 35.5. The van der Waals surface area contributed by atoms with Crippen molar-refractivity contribution in [1.29, 1.82) is 0 Å². The number of esters is 1. The molecule has 5 nitrogen and oxygen atoms in total. The van der Waals surface area contributed by atoms with E-state index in [0.29, 0.717) is 27.3 Å². The Labute approximate surface area is 147 Å². The van der Waals surface area contributed by atoms with E-state index < -0.39 is 23.6 Å². The summed E-state index contributed by atoms with van der Waals surface area (Å²) in [5.74, 6) is -0.817. The van der Waals surface area contributed by atoms with Gasteiger partial charge in [0.25, 0.3) is 0 Å². The van der Waals surface area contributed by atoms with Gasteiger partial charge < -0.3 is 13.9 Å². The highest BCUT2D eigenvalue weighted by Gasteiger charge is 2.44. The first-order chi connectivity index (χ1) is 12.1. The van der Waals surface area contributed by atoms with Crippen LogP contribution in [0.25, 0.3) is 11.0 Å². The summed E-state index contributed by atoms with van der Waals surface area (Å²) in [6, 6.07) is 14.0. The van der Waals surface area contributed by atoms with E-state index >= 15 is 0 Å². The molecule has 0 amide bonds. The van der Waals surface area contributed by atoms with Crippen LogP contribution >= 0.6 is 11.6 Å². The Balaban J connectivity index is 1.98. The van der Waals surface area contributed by atoms with Gasteiger partial charge in [-0.05, 0) is 29.8 Å². The van der Waals surface area contributed by atoms with Crippen molar-refractivity contribution in [1.82, 2.24) is 0 Å². The lowest BCUT2D eigenvalue weighted by Crippen LogP contribution is -2.31. The van der Waals surface area contributed by atoms with Crippen molar-refractivity contribution in [2.24, 2.45) is 0 Å². The summed E-state index contributed by atoms with van der Waals surface area (Å²) in [4.78, 5) is 24.9. The van der Waals surface area contributed by atoms with Gasteiger partial charge in [0.1, 0.15) is 11.3 Å². The quantitative estimate of drug-likeness (QED) is 0.519. The Hall–Kier alpha value is -2.79. The van der Waals surface area contributed by atoms with Gasteiger partial charge in [-0.1, -0.05) is 35.9 Å². The zero-order valence-corrected chi connectivity index (χ0v) is 13.9. The third-order valence-electron chi connectivity index (χ3n) is 4.32. The van der Waals surface area contributed by atoms with Crippen LogP contribution < -0.4 is 10.4 Å². The average Bonchev–Trinajstić information content (AvgIpc) is 3.03. The third kappa shape index (κ3) is 2.48. The summed E-state index contributed by atoms with van der Waals surface area (Å²) in [6.07, 6.45) is -0.963. The number of ether oxygens (including phenoxy) is 2. The van der Waals surface area contributed by atoms with Crippen LogP contribution in [-0.2, 0) is 9.53 Å². The van der Waals surface area contributed by atoms with Crippen LogP contribution in [0.4, 0.5) is 0 Å². The molecule has 0 radical (unpaired) electrons. The summed E-state index contributed by atoms with van der Waals surface area (Å²) in [7, 11) is 1.29. The number of carbonyl (C=O) groups is 1. The van der Waals surface area contributed by atoms with Gasteiger partial charge in [0, 0.05) is 5.02 Å². The van der Waals surface area contributed by atoms with Crippen molar-refractivity contribution < 1.29 is 18.7 Å². The number of hydrogen-bond acceptors (Lipinski definition) is 5. The average molecular weight is 357 g/mol. The second kappa shape index (κ2) is 5.93. The van der Waals surface area contributed by atoms with Gasteiger partial charge in [-0.15, -0.1) is 0 Å². The standard InChI is InChI=1S/C19H13ClO5/c1-23-19(22)17-14(10-6-8-11(20)9-7-10)15-16(25-17)12-4-2-3-5-13(12)24-18(15)21/h2-9,14,17H,1H3/t14-,17-/m0/s1. The minimum Gasteiger partial charge on any atom is -0.476 e. The smallest absolute Gasteiger partial charge is 0.348 e. The first kappa shape index (κ1) is 15.7. The monoisotopic (exact) mass is 356 g/mol. The minimum atomic E-state index is -0.963. The van der Waals surface area contributed by atoms with E-state index in [4.69, 9.17) is 25.5 Å². The number of rotatable bonds is 2. The first-order valence-corrected chi connectivity index (χ1v) is 8.03.